The Morgan fingerprint density at radius 1 is 0.257 bits per heavy atom. The van der Waals surface area contributed by atoms with Crippen LogP contribution in [0.4, 0.5) is 0 Å². The van der Waals surface area contributed by atoms with Gasteiger partial charge in [-0.25, -0.2) is 9.13 Å². The molecule has 0 aromatic heterocycles. The molecule has 0 saturated carbocycles. The lowest BCUT2D eigenvalue weighted by molar-refractivity contribution is -0.161. The molecular formula is C86H168O17P2. The van der Waals surface area contributed by atoms with Gasteiger partial charge in [0, 0.05) is 25.7 Å². The van der Waals surface area contributed by atoms with Gasteiger partial charge < -0.3 is 33.8 Å². The number of carbonyl (C=O) groups is 4. The summed E-state index contributed by atoms with van der Waals surface area (Å²) in [5.41, 5.74) is 0. The van der Waals surface area contributed by atoms with Gasteiger partial charge in [0.05, 0.1) is 26.4 Å². The number of aliphatic hydroxyl groups is 1. The molecule has 105 heavy (non-hydrogen) atoms. The Kier molecular flexibility index (Phi) is 77.3. The number of rotatable bonds is 86. The molecule has 0 aromatic rings. The number of esters is 4. The Balaban J connectivity index is 5.23. The molecule has 0 aliphatic heterocycles. The second-order valence-electron chi connectivity index (χ2n) is 31.4. The summed E-state index contributed by atoms with van der Waals surface area (Å²) in [6.45, 7) is 7.35. The van der Waals surface area contributed by atoms with Gasteiger partial charge in [-0.2, -0.15) is 0 Å². The Morgan fingerprint density at radius 3 is 0.648 bits per heavy atom. The Hall–Kier alpha value is -1.94. The molecule has 0 amide bonds. The minimum Gasteiger partial charge on any atom is -0.462 e. The number of aliphatic hydroxyl groups excluding tert-OH is 1. The summed E-state index contributed by atoms with van der Waals surface area (Å²) in [5.74, 6) is -1.35. The van der Waals surface area contributed by atoms with Crippen LogP contribution in [-0.4, -0.2) is 96.7 Å². The molecule has 0 aliphatic rings. The van der Waals surface area contributed by atoms with E-state index in [1.165, 1.54) is 289 Å². The van der Waals surface area contributed by atoms with Crippen molar-refractivity contribution in [3.63, 3.8) is 0 Å². The normalized spacial score (nSPS) is 13.8. The molecule has 0 aromatic carbocycles. The molecular weight excluding hydrogens is 1370 g/mol. The predicted molar refractivity (Wildman–Crippen MR) is 432 cm³/mol. The standard InChI is InChI=1S/C86H168O17P2/c1-6-9-12-15-18-21-24-27-29-31-33-35-37-39-41-44-50-55-60-65-70-84(89)97-75-81(102-85(90)71-66-61-56-51-45-42-40-38-36-34-32-30-28-25-22-19-16-13-10-7-2)77-100-104(92,93)98-73-80(87)74-99-105(94,95)101-78-82(76-96-83(88)69-64-59-54-49-43-26-23-20-17-14-11-8-3)103-86(91)72-67-62-57-52-47-46-48-53-58-63-68-79(4)5/h79-82,87H,6-78H2,1-5H3,(H,92,93)(H,94,95)/t80-,81-,82-/m1/s1. The summed E-state index contributed by atoms with van der Waals surface area (Å²) in [7, 11) is -9.93. The number of phosphoric acid groups is 2. The van der Waals surface area contributed by atoms with Crippen molar-refractivity contribution in [1.29, 1.82) is 0 Å². The lowest BCUT2D eigenvalue weighted by Gasteiger charge is -2.21. The van der Waals surface area contributed by atoms with Crippen molar-refractivity contribution in [3.05, 3.63) is 0 Å². The summed E-state index contributed by atoms with van der Waals surface area (Å²) in [4.78, 5) is 73.2. The summed E-state index contributed by atoms with van der Waals surface area (Å²) in [5, 5.41) is 10.7. The molecule has 0 aliphatic carbocycles. The maximum absolute atomic E-state index is 13.1. The van der Waals surface area contributed by atoms with Crippen molar-refractivity contribution in [2.75, 3.05) is 39.6 Å². The van der Waals surface area contributed by atoms with E-state index in [1.54, 1.807) is 0 Å². The maximum Gasteiger partial charge on any atom is 0.472 e. The second kappa shape index (κ2) is 78.7. The molecule has 624 valence electrons. The zero-order chi connectivity index (χ0) is 76.9. The molecule has 0 saturated heterocycles. The topological polar surface area (TPSA) is 237 Å². The van der Waals surface area contributed by atoms with E-state index in [-0.39, 0.29) is 25.7 Å². The van der Waals surface area contributed by atoms with E-state index in [0.29, 0.717) is 25.7 Å². The molecule has 19 heteroatoms. The van der Waals surface area contributed by atoms with Gasteiger partial charge >= 0.3 is 39.5 Å². The third kappa shape index (κ3) is 79.9. The Bertz CT molecular complexity index is 2000. The summed E-state index contributed by atoms with van der Waals surface area (Å²) in [6, 6.07) is 0. The fourth-order valence-corrected chi connectivity index (χ4v) is 15.1. The van der Waals surface area contributed by atoms with Gasteiger partial charge in [-0.3, -0.25) is 37.3 Å². The van der Waals surface area contributed by atoms with Gasteiger partial charge in [-0.1, -0.05) is 413 Å². The molecule has 3 N–H and O–H groups in total. The lowest BCUT2D eigenvalue weighted by Crippen LogP contribution is -2.30. The number of unbranched alkanes of at least 4 members (excludes halogenated alkanes) is 58. The summed E-state index contributed by atoms with van der Waals surface area (Å²) < 4.78 is 68.9. The largest absolute Gasteiger partial charge is 0.472 e. The number of carbonyl (C=O) groups excluding carboxylic acids is 4. The number of phosphoric ester groups is 2. The lowest BCUT2D eigenvalue weighted by atomic mass is 10.0. The van der Waals surface area contributed by atoms with Crippen LogP contribution in [0.15, 0.2) is 0 Å². The zero-order valence-corrected chi connectivity index (χ0v) is 70.7. The summed E-state index contributed by atoms with van der Waals surface area (Å²) >= 11 is 0. The highest BCUT2D eigenvalue weighted by molar-refractivity contribution is 7.47. The first-order chi connectivity index (χ1) is 51.0. The monoisotopic (exact) mass is 1540 g/mol. The second-order valence-corrected chi connectivity index (χ2v) is 34.3. The van der Waals surface area contributed by atoms with Crippen molar-refractivity contribution in [1.82, 2.24) is 0 Å². The van der Waals surface area contributed by atoms with Crippen LogP contribution in [0.2, 0.25) is 0 Å². The third-order valence-electron chi connectivity index (χ3n) is 20.3. The van der Waals surface area contributed by atoms with Crippen LogP contribution in [0.3, 0.4) is 0 Å². The van der Waals surface area contributed by atoms with E-state index in [9.17, 15) is 43.2 Å². The number of hydrogen-bond acceptors (Lipinski definition) is 15. The average molecular weight is 1540 g/mol. The Morgan fingerprint density at radius 2 is 0.438 bits per heavy atom. The van der Waals surface area contributed by atoms with E-state index in [1.807, 2.05) is 0 Å². The van der Waals surface area contributed by atoms with Gasteiger partial charge in [0.1, 0.15) is 19.3 Å². The van der Waals surface area contributed by atoms with Crippen molar-refractivity contribution >= 4 is 39.5 Å². The zero-order valence-electron chi connectivity index (χ0n) is 68.9. The van der Waals surface area contributed by atoms with Crippen LogP contribution in [0.25, 0.3) is 0 Å². The molecule has 0 rings (SSSR count). The first kappa shape index (κ1) is 103. The SMILES string of the molecule is CCCCCCCCCCCCCCCCCCCCCCC(=O)OC[C@H](COP(=O)(O)OC[C@@H](O)COP(=O)(O)OC[C@@H](COC(=O)CCCCCCCCCCCCCC)OC(=O)CCCCCCCCCCCCC(C)C)OC(=O)CCCCCCCCCCCCCCCCCCCCCC. The van der Waals surface area contributed by atoms with Crippen LogP contribution in [-0.2, 0) is 65.4 Å². The van der Waals surface area contributed by atoms with Gasteiger partial charge in [0.2, 0.25) is 0 Å². The predicted octanol–water partition coefficient (Wildman–Crippen LogP) is 26.4. The molecule has 0 fully saturated rings. The highest BCUT2D eigenvalue weighted by atomic mass is 31.2. The van der Waals surface area contributed by atoms with Crippen LogP contribution >= 0.6 is 15.6 Å². The molecule has 2 unspecified atom stereocenters. The highest BCUT2D eigenvalue weighted by Crippen LogP contribution is 2.45. The highest BCUT2D eigenvalue weighted by Gasteiger charge is 2.30. The van der Waals surface area contributed by atoms with Crippen LogP contribution in [0, 0.1) is 5.92 Å². The summed E-state index contributed by atoms with van der Waals surface area (Å²) in [6.07, 6.45) is 72.3. The van der Waals surface area contributed by atoms with Gasteiger partial charge in [0.15, 0.2) is 12.2 Å². The first-order valence-electron chi connectivity index (χ1n) is 44.6. The average Bonchev–Trinajstić information content (AvgIpc) is 0.909. The number of ether oxygens (including phenoxy) is 4. The molecule has 0 radical (unpaired) electrons. The molecule has 0 bridgehead atoms. The minimum atomic E-state index is -4.97. The van der Waals surface area contributed by atoms with Crippen molar-refractivity contribution in [3.8, 4) is 0 Å². The fraction of sp³-hybridized carbons (Fsp3) is 0.953. The number of hydrogen-bond donors (Lipinski definition) is 3. The quantitative estimate of drug-likeness (QED) is 0.0222. The van der Waals surface area contributed by atoms with Crippen molar-refractivity contribution in [2.24, 2.45) is 5.92 Å². The molecule has 0 heterocycles. The van der Waals surface area contributed by atoms with Crippen LogP contribution in [0.1, 0.15) is 465 Å². The first-order valence-corrected chi connectivity index (χ1v) is 47.6. The van der Waals surface area contributed by atoms with E-state index in [0.717, 1.165) is 95.8 Å². The molecule has 0 spiro atoms. The fourth-order valence-electron chi connectivity index (χ4n) is 13.5. The van der Waals surface area contributed by atoms with E-state index in [4.69, 9.17) is 37.0 Å². The van der Waals surface area contributed by atoms with E-state index >= 15 is 0 Å². The van der Waals surface area contributed by atoms with Gasteiger partial charge in [0.25, 0.3) is 0 Å². The Labute approximate surface area is 645 Å². The smallest absolute Gasteiger partial charge is 0.462 e. The van der Waals surface area contributed by atoms with Crippen molar-refractivity contribution < 1.29 is 80.2 Å². The molecule has 5 atom stereocenters. The van der Waals surface area contributed by atoms with Crippen LogP contribution < -0.4 is 0 Å². The van der Waals surface area contributed by atoms with Crippen molar-refractivity contribution in [2.45, 2.75) is 483 Å². The molecule has 17 nitrogen and oxygen atoms in total. The van der Waals surface area contributed by atoms with Crippen LogP contribution in [0.5, 0.6) is 0 Å². The van der Waals surface area contributed by atoms with E-state index in [2.05, 4.69) is 34.6 Å². The maximum atomic E-state index is 13.1. The third-order valence-corrected chi connectivity index (χ3v) is 22.2. The minimum absolute atomic E-state index is 0.107. The van der Waals surface area contributed by atoms with Gasteiger partial charge in [-0.15, -0.1) is 0 Å². The van der Waals surface area contributed by atoms with Gasteiger partial charge in [-0.05, 0) is 31.6 Å². The van der Waals surface area contributed by atoms with E-state index < -0.39 is 97.5 Å².